The van der Waals surface area contributed by atoms with Crippen LogP contribution in [0.25, 0.3) is 11.3 Å². The molecular formula is C28H40N6O2. The number of ether oxygens (including phenoxy) is 1. The summed E-state index contributed by atoms with van der Waals surface area (Å²) in [4.78, 5) is 29.0. The molecule has 2 N–H and O–H groups in total. The number of amides is 1. The van der Waals surface area contributed by atoms with Crippen LogP contribution in [-0.4, -0.2) is 70.6 Å². The van der Waals surface area contributed by atoms with E-state index >= 15 is 0 Å². The lowest BCUT2D eigenvalue weighted by Gasteiger charge is -2.37. The van der Waals surface area contributed by atoms with Crippen molar-refractivity contribution in [1.29, 1.82) is 0 Å². The van der Waals surface area contributed by atoms with Gasteiger partial charge >= 0.3 is 6.01 Å². The first-order valence-corrected chi connectivity index (χ1v) is 13.8. The number of hydrogen-bond acceptors (Lipinski definition) is 7. The van der Waals surface area contributed by atoms with Gasteiger partial charge in [-0.1, -0.05) is 13.3 Å². The zero-order valence-electron chi connectivity index (χ0n) is 21.4. The van der Waals surface area contributed by atoms with E-state index in [0.29, 0.717) is 17.8 Å². The van der Waals surface area contributed by atoms with E-state index < -0.39 is 0 Å². The lowest BCUT2D eigenvalue weighted by atomic mass is 9.79. The van der Waals surface area contributed by atoms with Crippen molar-refractivity contribution in [2.24, 2.45) is 17.8 Å². The molecule has 8 heteroatoms. The topological polar surface area (TPSA) is 92.3 Å². The maximum atomic E-state index is 13.2. The number of nitrogens with zero attached hydrogens (tertiary/aromatic N) is 4. The lowest BCUT2D eigenvalue weighted by molar-refractivity contribution is -0.127. The van der Waals surface area contributed by atoms with Crippen LogP contribution in [-0.2, 0) is 4.79 Å². The molecule has 3 aliphatic rings. The summed E-state index contributed by atoms with van der Waals surface area (Å²) in [5, 5.41) is 6.82. The van der Waals surface area contributed by atoms with Gasteiger partial charge in [-0.3, -0.25) is 9.78 Å². The molecule has 5 unspecified atom stereocenters. The summed E-state index contributed by atoms with van der Waals surface area (Å²) < 4.78 is 6.28. The molecule has 5 rings (SSSR count). The van der Waals surface area contributed by atoms with Gasteiger partial charge in [0.15, 0.2) is 0 Å². The number of piperazine rings is 1. The molecule has 1 saturated heterocycles. The maximum absolute atomic E-state index is 13.2. The molecule has 2 aliphatic carbocycles. The first kappa shape index (κ1) is 25.1. The van der Waals surface area contributed by atoms with Gasteiger partial charge in [0.2, 0.25) is 5.91 Å². The molecule has 194 valence electrons. The normalized spacial score (nSPS) is 29.4. The number of rotatable bonds is 7. The standard InChI is InChI=1S/C28H40N6O2/c1-20-7-8-24(17-26(20)36-28-31-11-9-25(33-28)23-6-3-10-30-18-23)32-27(35)22-5-2-4-21(16-22)19-34-14-12-29-13-15-34/h3,6,9-11,18,20-22,24,26,29H,2,4-5,7-8,12-17,19H2,1H3,(H,32,35). The molecule has 0 aromatic carbocycles. The van der Waals surface area contributed by atoms with E-state index in [1.54, 1.807) is 18.6 Å². The van der Waals surface area contributed by atoms with Crippen molar-refractivity contribution in [3.05, 3.63) is 36.8 Å². The predicted molar refractivity (Wildman–Crippen MR) is 139 cm³/mol. The Balaban J connectivity index is 1.14. The fraction of sp³-hybridized carbons (Fsp3) is 0.643. The van der Waals surface area contributed by atoms with E-state index in [2.05, 4.69) is 37.4 Å². The molecule has 0 radical (unpaired) electrons. The second-order valence-corrected chi connectivity index (χ2v) is 10.9. The van der Waals surface area contributed by atoms with Crippen LogP contribution in [0.1, 0.15) is 51.9 Å². The van der Waals surface area contributed by atoms with Gasteiger partial charge in [-0.2, -0.15) is 4.98 Å². The lowest BCUT2D eigenvalue weighted by Crippen LogP contribution is -2.48. The Labute approximate surface area is 214 Å². The van der Waals surface area contributed by atoms with Gasteiger partial charge in [0.1, 0.15) is 6.10 Å². The highest BCUT2D eigenvalue weighted by Gasteiger charge is 2.34. The van der Waals surface area contributed by atoms with E-state index in [4.69, 9.17) is 4.74 Å². The minimum absolute atomic E-state index is 0.0139. The third-order valence-electron chi connectivity index (χ3n) is 8.20. The highest BCUT2D eigenvalue weighted by Crippen LogP contribution is 2.32. The minimum Gasteiger partial charge on any atom is -0.460 e. The SMILES string of the molecule is CC1CCC(NC(=O)C2CCCC(CN3CCNCC3)C2)CC1Oc1nccc(-c2cccnc2)n1. The second-order valence-electron chi connectivity index (χ2n) is 10.9. The monoisotopic (exact) mass is 492 g/mol. The van der Waals surface area contributed by atoms with Crippen LogP contribution >= 0.6 is 0 Å². The summed E-state index contributed by atoms with van der Waals surface area (Å²) >= 11 is 0. The molecular weight excluding hydrogens is 452 g/mol. The Kier molecular flexibility index (Phi) is 8.43. The predicted octanol–water partition coefficient (Wildman–Crippen LogP) is 3.30. The number of aromatic nitrogens is 3. The zero-order chi connectivity index (χ0) is 24.7. The Morgan fingerprint density at radius 3 is 2.86 bits per heavy atom. The van der Waals surface area contributed by atoms with E-state index in [0.717, 1.165) is 82.5 Å². The Morgan fingerprint density at radius 2 is 2.03 bits per heavy atom. The average Bonchev–Trinajstić information content (AvgIpc) is 2.92. The molecule has 3 heterocycles. The van der Waals surface area contributed by atoms with Crippen LogP contribution in [0.2, 0.25) is 0 Å². The van der Waals surface area contributed by atoms with E-state index in [1.807, 2.05) is 18.2 Å². The van der Waals surface area contributed by atoms with Crippen molar-refractivity contribution in [3.63, 3.8) is 0 Å². The molecule has 2 aromatic rings. The average molecular weight is 493 g/mol. The summed E-state index contributed by atoms with van der Waals surface area (Å²) in [7, 11) is 0. The molecule has 3 fully saturated rings. The maximum Gasteiger partial charge on any atom is 0.317 e. The quantitative estimate of drug-likeness (QED) is 0.613. The third kappa shape index (κ3) is 6.59. The molecule has 1 aliphatic heterocycles. The minimum atomic E-state index is -0.0139. The van der Waals surface area contributed by atoms with Crippen LogP contribution in [0.3, 0.4) is 0 Å². The van der Waals surface area contributed by atoms with Crippen LogP contribution in [0.5, 0.6) is 6.01 Å². The zero-order valence-corrected chi connectivity index (χ0v) is 21.4. The highest BCUT2D eigenvalue weighted by molar-refractivity contribution is 5.79. The molecule has 0 bridgehead atoms. The molecule has 2 aromatic heterocycles. The highest BCUT2D eigenvalue weighted by atomic mass is 16.5. The molecule has 36 heavy (non-hydrogen) atoms. The summed E-state index contributed by atoms with van der Waals surface area (Å²) in [5.74, 6) is 1.42. The summed E-state index contributed by atoms with van der Waals surface area (Å²) in [6.07, 6.45) is 12.5. The summed E-state index contributed by atoms with van der Waals surface area (Å²) in [6.45, 7) is 7.78. The Morgan fingerprint density at radius 1 is 1.14 bits per heavy atom. The van der Waals surface area contributed by atoms with Crippen LogP contribution < -0.4 is 15.4 Å². The number of nitrogens with one attached hydrogen (secondary N) is 2. The molecule has 5 atom stereocenters. The van der Waals surface area contributed by atoms with Gasteiger partial charge in [-0.15, -0.1) is 0 Å². The largest absolute Gasteiger partial charge is 0.460 e. The van der Waals surface area contributed by atoms with Crippen molar-refractivity contribution in [2.45, 2.75) is 64.0 Å². The van der Waals surface area contributed by atoms with Gasteiger partial charge in [0.05, 0.1) is 5.69 Å². The fourth-order valence-corrected chi connectivity index (χ4v) is 6.06. The van der Waals surface area contributed by atoms with Gasteiger partial charge < -0.3 is 20.3 Å². The molecule has 2 saturated carbocycles. The van der Waals surface area contributed by atoms with E-state index in [9.17, 15) is 4.79 Å². The van der Waals surface area contributed by atoms with Crippen molar-refractivity contribution in [3.8, 4) is 17.3 Å². The van der Waals surface area contributed by atoms with Gasteiger partial charge in [-0.05, 0) is 62.1 Å². The fourth-order valence-electron chi connectivity index (χ4n) is 6.06. The molecule has 8 nitrogen and oxygen atoms in total. The van der Waals surface area contributed by atoms with E-state index in [1.165, 1.54) is 6.42 Å². The van der Waals surface area contributed by atoms with Crippen molar-refractivity contribution < 1.29 is 9.53 Å². The van der Waals surface area contributed by atoms with Crippen LogP contribution in [0.4, 0.5) is 0 Å². The summed E-state index contributed by atoms with van der Waals surface area (Å²) in [6, 6.07) is 6.29. The van der Waals surface area contributed by atoms with Gasteiger partial charge in [-0.25, -0.2) is 4.98 Å². The first-order valence-electron chi connectivity index (χ1n) is 13.8. The Bertz CT molecular complexity index is 983. The smallest absolute Gasteiger partial charge is 0.317 e. The number of carbonyl (C=O) groups excluding carboxylic acids is 1. The van der Waals surface area contributed by atoms with Crippen molar-refractivity contribution in [1.82, 2.24) is 30.5 Å². The number of hydrogen-bond donors (Lipinski definition) is 2. The van der Waals surface area contributed by atoms with Gasteiger partial charge in [0.25, 0.3) is 0 Å². The molecule has 0 spiro atoms. The van der Waals surface area contributed by atoms with Crippen molar-refractivity contribution in [2.75, 3.05) is 32.7 Å². The van der Waals surface area contributed by atoms with Gasteiger partial charge in [0, 0.05) is 75.3 Å². The summed E-state index contributed by atoms with van der Waals surface area (Å²) in [5.41, 5.74) is 1.74. The molecule has 1 amide bonds. The van der Waals surface area contributed by atoms with Crippen molar-refractivity contribution >= 4 is 5.91 Å². The number of pyridine rings is 1. The Hall–Kier alpha value is -2.58. The number of carbonyl (C=O) groups is 1. The van der Waals surface area contributed by atoms with Crippen LogP contribution in [0, 0.1) is 17.8 Å². The first-order chi connectivity index (χ1) is 17.6. The third-order valence-corrected chi connectivity index (χ3v) is 8.20. The second kappa shape index (κ2) is 12.1. The van der Waals surface area contributed by atoms with Crippen LogP contribution in [0.15, 0.2) is 36.8 Å². The van der Waals surface area contributed by atoms with E-state index in [-0.39, 0.29) is 24.0 Å².